The van der Waals surface area contributed by atoms with Gasteiger partial charge >= 0.3 is 0 Å². The molecule has 0 spiro atoms. The molecule has 204 valence electrons. The SMILES string of the molecule is COc1cc2nccc(Oc3ccc(Nc4nn(C)cc4C(=O)N(C)C4CCCCC4)cc3F)c2cc1OC. The molecule has 9 nitrogen and oxygen atoms in total. The van der Waals surface area contributed by atoms with Crippen molar-refractivity contribution in [3.8, 4) is 23.0 Å². The lowest BCUT2D eigenvalue weighted by atomic mass is 9.94. The minimum absolute atomic E-state index is 0.0391. The van der Waals surface area contributed by atoms with Gasteiger partial charge in [-0.1, -0.05) is 19.3 Å². The van der Waals surface area contributed by atoms with Crippen LogP contribution in [0.1, 0.15) is 42.5 Å². The molecule has 0 aliphatic heterocycles. The number of hydrogen-bond acceptors (Lipinski definition) is 7. The Morgan fingerprint density at radius 3 is 2.49 bits per heavy atom. The minimum Gasteiger partial charge on any atom is -0.493 e. The number of methoxy groups -OCH3 is 2. The molecule has 0 saturated heterocycles. The lowest BCUT2D eigenvalue weighted by Crippen LogP contribution is -2.38. The molecule has 5 rings (SSSR count). The summed E-state index contributed by atoms with van der Waals surface area (Å²) < 4.78 is 33.5. The molecule has 10 heteroatoms. The van der Waals surface area contributed by atoms with Crippen LogP contribution >= 0.6 is 0 Å². The van der Waals surface area contributed by atoms with Crippen molar-refractivity contribution in [3.05, 3.63) is 60.2 Å². The van der Waals surface area contributed by atoms with Crippen LogP contribution in [-0.2, 0) is 7.05 Å². The fourth-order valence-corrected chi connectivity index (χ4v) is 5.01. The number of carbonyl (C=O) groups is 1. The zero-order valence-corrected chi connectivity index (χ0v) is 22.5. The van der Waals surface area contributed by atoms with E-state index in [1.807, 2.05) is 11.9 Å². The number of pyridine rings is 1. The maximum Gasteiger partial charge on any atom is 0.259 e. The molecule has 0 unspecified atom stereocenters. The smallest absolute Gasteiger partial charge is 0.259 e. The number of hydrogen-bond donors (Lipinski definition) is 1. The number of fused-ring (bicyclic) bond motifs is 1. The fraction of sp³-hybridized carbons (Fsp3) is 0.345. The van der Waals surface area contributed by atoms with Gasteiger partial charge in [0.25, 0.3) is 5.91 Å². The Morgan fingerprint density at radius 2 is 1.77 bits per heavy atom. The van der Waals surface area contributed by atoms with Crippen molar-refractivity contribution in [1.82, 2.24) is 19.7 Å². The number of halogens is 1. The second-order valence-corrected chi connectivity index (χ2v) is 9.68. The van der Waals surface area contributed by atoms with Crippen molar-refractivity contribution in [2.45, 2.75) is 38.1 Å². The summed E-state index contributed by atoms with van der Waals surface area (Å²) in [4.78, 5) is 19.5. The first kappa shape index (κ1) is 26.3. The molecule has 2 aromatic carbocycles. The summed E-state index contributed by atoms with van der Waals surface area (Å²) in [6.07, 6.45) is 8.76. The molecule has 1 N–H and O–H groups in total. The Balaban J connectivity index is 1.37. The molecule has 1 amide bonds. The van der Waals surface area contributed by atoms with E-state index >= 15 is 4.39 Å². The molecule has 0 atom stereocenters. The number of nitrogens with zero attached hydrogens (tertiary/aromatic N) is 4. The zero-order chi connectivity index (χ0) is 27.5. The molecule has 1 aliphatic rings. The largest absolute Gasteiger partial charge is 0.493 e. The van der Waals surface area contributed by atoms with Crippen LogP contribution in [0.4, 0.5) is 15.9 Å². The van der Waals surface area contributed by atoms with Gasteiger partial charge in [-0.15, -0.1) is 0 Å². The number of carbonyl (C=O) groups excluding carboxylic acids is 1. The van der Waals surface area contributed by atoms with Crippen LogP contribution in [0, 0.1) is 5.82 Å². The summed E-state index contributed by atoms with van der Waals surface area (Å²) in [7, 11) is 6.69. The summed E-state index contributed by atoms with van der Waals surface area (Å²) in [6, 6.07) is 9.89. The van der Waals surface area contributed by atoms with Crippen molar-refractivity contribution in [2.24, 2.45) is 7.05 Å². The molecule has 1 saturated carbocycles. The van der Waals surface area contributed by atoms with Crippen LogP contribution < -0.4 is 19.5 Å². The van der Waals surface area contributed by atoms with E-state index in [1.165, 1.54) is 18.6 Å². The Morgan fingerprint density at radius 1 is 1.03 bits per heavy atom. The van der Waals surface area contributed by atoms with Gasteiger partial charge in [0.05, 0.1) is 19.7 Å². The third kappa shape index (κ3) is 5.45. The first-order valence-electron chi connectivity index (χ1n) is 12.9. The zero-order valence-electron chi connectivity index (χ0n) is 22.5. The second kappa shape index (κ2) is 11.2. The first-order chi connectivity index (χ1) is 18.9. The van der Waals surface area contributed by atoms with E-state index in [1.54, 1.807) is 62.6 Å². The number of aromatic nitrogens is 3. The van der Waals surface area contributed by atoms with Gasteiger partial charge in [-0.3, -0.25) is 14.5 Å². The lowest BCUT2D eigenvalue weighted by Gasteiger charge is -2.31. The predicted molar refractivity (Wildman–Crippen MR) is 147 cm³/mol. The van der Waals surface area contributed by atoms with E-state index in [2.05, 4.69) is 15.4 Å². The molecule has 0 radical (unpaired) electrons. The highest BCUT2D eigenvalue weighted by molar-refractivity contribution is 5.99. The molecule has 0 bridgehead atoms. The molecule has 1 aliphatic carbocycles. The number of aryl methyl sites for hydroxylation is 1. The maximum absolute atomic E-state index is 15.2. The van der Waals surface area contributed by atoms with Gasteiger partial charge in [0, 0.05) is 55.7 Å². The summed E-state index contributed by atoms with van der Waals surface area (Å²) in [5.74, 6) is 1.20. The van der Waals surface area contributed by atoms with Crippen LogP contribution in [0.25, 0.3) is 10.9 Å². The maximum atomic E-state index is 15.2. The van der Waals surface area contributed by atoms with Crippen molar-refractivity contribution in [3.63, 3.8) is 0 Å². The van der Waals surface area contributed by atoms with E-state index in [0.717, 1.165) is 25.7 Å². The monoisotopic (exact) mass is 533 g/mol. The number of amides is 1. The molecule has 39 heavy (non-hydrogen) atoms. The second-order valence-electron chi connectivity index (χ2n) is 9.68. The number of rotatable bonds is 8. The molecular weight excluding hydrogens is 501 g/mol. The van der Waals surface area contributed by atoms with E-state index in [9.17, 15) is 4.79 Å². The first-order valence-corrected chi connectivity index (χ1v) is 12.9. The number of anilines is 2. The van der Waals surface area contributed by atoms with Gasteiger partial charge in [0.2, 0.25) is 0 Å². The number of ether oxygens (including phenoxy) is 3. The van der Waals surface area contributed by atoms with Crippen molar-refractivity contribution in [2.75, 3.05) is 26.6 Å². The van der Waals surface area contributed by atoms with Gasteiger partial charge in [-0.25, -0.2) is 4.39 Å². The number of benzene rings is 2. The standard InChI is InChI=1S/C29H32FN5O4/c1-34-17-21(29(36)35(2)19-8-6-5-7-9-19)28(33-34)32-18-10-11-25(22(30)14-18)39-24-12-13-31-23-16-27(38-4)26(37-3)15-20(23)24/h10-17,19H,5-9H2,1-4H3,(H,32,33). The summed E-state index contributed by atoms with van der Waals surface area (Å²) in [5, 5.41) is 8.17. The van der Waals surface area contributed by atoms with Gasteiger partial charge in [0.15, 0.2) is 28.9 Å². The Labute approximate surface area is 226 Å². The van der Waals surface area contributed by atoms with E-state index in [0.29, 0.717) is 45.2 Å². The van der Waals surface area contributed by atoms with Gasteiger partial charge in [-0.05, 0) is 37.1 Å². The average molecular weight is 534 g/mol. The highest BCUT2D eigenvalue weighted by Crippen LogP contribution is 2.38. The van der Waals surface area contributed by atoms with Crippen LogP contribution in [0.2, 0.25) is 0 Å². The van der Waals surface area contributed by atoms with Crippen LogP contribution in [-0.4, -0.2) is 52.9 Å². The molecular formula is C29H32FN5O4. The normalized spacial score (nSPS) is 13.8. The summed E-state index contributed by atoms with van der Waals surface area (Å²) in [6.45, 7) is 0. The van der Waals surface area contributed by atoms with E-state index in [4.69, 9.17) is 14.2 Å². The third-order valence-electron chi connectivity index (χ3n) is 7.12. The third-order valence-corrected chi connectivity index (χ3v) is 7.12. The van der Waals surface area contributed by atoms with Gasteiger partial charge < -0.3 is 24.4 Å². The van der Waals surface area contributed by atoms with E-state index < -0.39 is 5.82 Å². The summed E-state index contributed by atoms with van der Waals surface area (Å²) in [5.41, 5.74) is 1.51. The minimum atomic E-state index is -0.575. The lowest BCUT2D eigenvalue weighted by molar-refractivity contribution is 0.0697. The van der Waals surface area contributed by atoms with Gasteiger partial charge in [0.1, 0.15) is 11.3 Å². The van der Waals surface area contributed by atoms with Crippen molar-refractivity contribution < 1.29 is 23.4 Å². The molecule has 4 aromatic rings. The quantitative estimate of drug-likeness (QED) is 0.294. The average Bonchev–Trinajstić information content (AvgIpc) is 3.32. The van der Waals surface area contributed by atoms with Gasteiger partial charge in [-0.2, -0.15) is 5.10 Å². The molecule has 1 fully saturated rings. The highest BCUT2D eigenvalue weighted by atomic mass is 19.1. The predicted octanol–water partition coefficient (Wildman–Crippen LogP) is 6.07. The Kier molecular flexibility index (Phi) is 7.53. The molecule has 2 aromatic heterocycles. The summed E-state index contributed by atoms with van der Waals surface area (Å²) >= 11 is 0. The van der Waals surface area contributed by atoms with E-state index in [-0.39, 0.29) is 17.7 Å². The Hall–Kier alpha value is -4.34. The van der Waals surface area contributed by atoms with Crippen LogP contribution in [0.3, 0.4) is 0 Å². The van der Waals surface area contributed by atoms with Crippen molar-refractivity contribution in [1.29, 1.82) is 0 Å². The Bertz CT molecular complexity index is 1500. The highest BCUT2D eigenvalue weighted by Gasteiger charge is 2.26. The van der Waals surface area contributed by atoms with Crippen LogP contribution in [0.5, 0.6) is 23.0 Å². The van der Waals surface area contributed by atoms with Crippen molar-refractivity contribution >= 4 is 28.3 Å². The topological polar surface area (TPSA) is 90.7 Å². The number of nitrogens with one attached hydrogen (secondary N) is 1. The molecule has 2 heterocycles. The van der Waals surface area contributed by atoms with Crippen LogP contribution in [0.15, 0.2) is 48.8 Å². The fourth-order valence-electron chi connectivity index (χ4n) is 5.01.